The Balaban J connectivity index is 3.04. The number of aliphatic hydroxyl groups is 1. The van der Waals surface area contributed by atoms with Crippen LogP contribution < -0.4 is 0 Å². The molecule has 48 heavy (non-hydrogen) atoms. The molecule has 0 radical (unpaired) electrons. The Labute approximate surface area is 285 Å². The molecule has 0 aromatic rings. The molecule has 2 N–H and O–H groups in total. The number of hydrogen-bond acceptors (Lipinski definition) is 16. The maximum atomic E-state index is 10.3. The molecule has 0 unspecified atom stereocenters. The summed E-state index contributed by atoms with van der Waals surface area (Å²) in [6.07, 6.45) is -0.00522. The van der Waals surface area contributed by atoms with Gasteiger partial charge in [-0.15, -0.1) is 0 Å². The summed E-state index contributed by atoms with van der Waals surface area (Å²) in [5, 5.41) is 17.1. The van der Waals surface area contributed by atoms with Crippen molar-refractivity contribution in [3.63, 3.8) is 0 Å². The molecule has 0 amide bonds. The second-order valence-corrected chi connectivity index (χ2v) is 9.44. The Hall–Kier alpha value is -1.13. The van der Waals surface area contributed by atoms with Gasteiger partial charge in [0.05, 0.1) is 198 Å². The van der Waals surface area contributed by atoms with E-state index in [9.17, 15) is 4.79 Å². The molecule has 0 aliphatic rings. The summed E-state index contributed by atoms with van der Waals surface area (Å²) in [5.41, 5.74) is 0. The second kappa shape index (κ2) is 43.9. The van der Waals surface area contributed by atoms with Crippen molar-refractivity contribution < 1.29 is 81.3 Å². The quantitative estimate of drug-likeness (QED) is 0.0785. The number of carboxylic acids is 1. The van der Waals surface area contributed by atoms with Crippen LogP contribution in [0.25, 0.3) is 0 Å². The minimum Gasteiger partial charge on any atom is -0.481 e. The van der Waals surface area contributed by atoms with Crippen molar-refractivity contribution in [2.75, 3.05) is 192 Å². The molecule has 0 fully saturated rings. The first-order chi connectivity index (χ1) is 23.8. The van der Waals surface area contributed by atoms with Gasteiger partial charge in [-0.1, -0.05) is 0 Å². The second-order valence-electron chi connectivity index (χ2n) is 9.44. The number of rotatable bonds is 44. The summed E-state index contributed by atoms with van der Waals surface area (Å²) < 4.78 is 75.2. The lowest BCUT2D eigenvalue weighted by atomic mass is 10.5. The number of carbonyl (C=O) groups is 1. The Morgan fingerprint density at radius 2 is 0.417 bits per heavy atom. The van der Waals surface area contributed by atoms with Crippen LogP contribution in [0.5, 0.6) is 0 Å². The monoisotopic (exact) mass is 706 g/mol. The van der Waals surface area contributed by atoms with E-state index in [1.54, 1.807) is 0 Å². The summed E-state index contributed by atoms with van der Waals surface area (Å²) in [4.78, 5) is 10.3. The highest BCUT2D eigenvalue weighted by molar-refractivity contribution is 5.66. The number of aliphatic hydroxyl groups excluding tert-OH is 1. The molecule has 17 heteroatoms. The fraction of sp³-hybridized carbons (Fsp3) is 0.968. The largest absolute Gasteiger partial charge is 0.481 e. The highest BCUT2D eigenvalue weighted by Crippen LogP contribution is 1.88. The van der Waals surface area contributed by atoms with Gasteiger partial charge in [-0.3, -0.25) is 4.79 Å². The SMILES string of the molecule is O=C(O)CCOCCOCCOCCOCCOCCOCCOCCOCCOCCOCCOCCOCCOCCOCCO. The topological polar surface area (TPSA) is 187 Å². The average Bonchev–Trinajstić information content (AvgIpc) is 3.08. The summed E-state index contributed by atoms with van der Waals surface area (Å²) in [7, 11) is 0. The number of aliphatic carboxylic acids is 1. The molecule has 0 saturated heterocycles. The standard InChI is InChI=1S/C31H62O17/c32-2-4-36-6-8-38-10-12-40-14-16-42-18-20-44-22-24-46-26-28-48-30-29-47-27-25-45-23-21-43-19-17-41-15-13-39-11-9-37-7-5-35-3-1-31(33)34/h32H,1-30H2,(H,33,34). The van der Waals surface area contributed by atoms with Gasteiger partial charge in [0.2, 0.25) is 0 Å². The zero-order valence-corrected chi connectivity index (χ0v) is 28.7. The summed E-state index contributed by atoms with van der Waals surface area (Å²) in [6.45, 7) is 12.9. The maximum Gasteiger partial charge on any atom is 0.305 e. The number of ether oxygens (including phenoxy) is 14. The molecular weight excluding hydrogens is 644 g/mol. The van der Waals surface area contributed by atoms with E-state index in [0.29, 0.717) is 178 Å². The van der Waals surface area contributed by atoms with Crippen LogP contribution in [0.4, 0.5) is 0 Å². The Morgan fingerprint density at radius 1 is 0.271 bits per heavy atom. The molecule has 0 aliphatic heterocycles. The molecule has 0 spiro atoms. The number of carboxylic acid groups (broad SMARTS) is 1. The highest BCUT2D eigenvalue weighted by atomic mass is 16.6. The van der Waals surface area contributed by atoms with E-state index < -0.39 is 5.97 Å². The van der Waals surface area contributed by atoms with Gasteiger partial charge in [0.25, 0.3) is 0 Å². The fourth-order valence-corrected chi connectivity index (χ4v) is 3.18. The van der Waals surface area contributed by atoms with Gasteiger partial charge in [-0.05, 0) is 0 Å². The molecule has 0 heterocycles. The van der Waals surface area contributed by atoms with Gasteiger partial charge in [0.15, 0.2) is 0 Å². The molecule has 0 aromatic carbocycles. The first-order valence-corrected chi connectivity index (χ1v) is 16.7. The van der Waals surface area contributed by atoms with Crippen LogP contribution >= 0.6 is 0 Å². The first kappa shape index (κ1) is 46.9. The zero-order chi connectivity index (χ0) is 34.7. The van der Waals surface area contributed by atoms with E-state index in [1.807, 2.05) is 0 Å². The Bertz CT molecular complexity index is 605. The van der Waals surface area contributed by atoms with E-state index in [4.69, 9.17) is 76.5 Å². The third kappa shape index (κ3) is 44.9. The van der Waals surface area contributed by atoms with Crippen LogP contribution in [0.3, 0.4) is 0 Å². The summed E-state index contributed by atoms with van der Waals surface area (Å²) >= 11 is 0. The lowest BCUT2D eigenvalue weighted by Crippen LogP contribution is -2.15. The Kier molecular flexibility index (Phi) is 42.9. The molecule has 0 saturated carbocycles. The number of hydrogen-bond donors (Lipinski definition) is 2. The molecule has 17 nitrogen and oxygen atoms in total. The predicted octanol–water partition coefficient (Wildman–Crippen LogP) is -0.314. The average molecular weight is 707 g/mol. The molecule has 0 aromatic heterocycles. The normalized spacial score (nSPS) is 11.5. The van der Waals surface area contributed by atoms with Crippen LogP contribution in [0.2, 0.25) is 0 Å². The highest BCUT2D eigenvalue weighted by Gasteiger charge is 1.98. The van der Waals surface area contributed by atoms with Gasteiger partial charge in [-0.2, -0.15) is 0 Å². The van der Waals surface area contributed by atoms with Crippen molar-refractivity contribution in [1.82, 2.24) is 0 Å². The van der Waals surface area contributed by atoms with E-state index >= 15 is 0 Å². The smallest absolute Gasteiger partial charge is 0.305 e. The van der Waals surface area contributed by atoms with Crippen LogP contribution in [0.15, 0.2) is 0 Å². The predicted molar refractivity (Wildman–Crippen MR) is 171 cm³/mol. The van der Waals surface area contributed by atoms with Gasteiger partial charge < -0.3 is 76.5 Å². The van der Waals surface area contributed by atoms with Crippen LogP contribution in [0, 0.1) is 0 Å². The maximum absolute atomic E-state index is 10.3. The molecule has 288 valence electrons. The van der Waals surface area contributed by atoms with Gasteiger partial charge in [-0.25, -0.2) is 0 Å². The third-order valence-corrected chi connectivity index (χ3v) is 5.53. The third-order valence-electron chi connectivity index (χ3n) is 5.53. The molecule has 0 bridgehead atoms. The van der Waals surface area contributed by atoms with Crippen LogP contribution in [-0.2, 0) is 71.1 Å². The molecular formula is C31H62O17. The van der Waals surface area contributed by atoms with Gasteiger partial charge in [0, 0.05) is 0 Å². The van der Waals surface area contributed by atoms with E-state index in [1.165, 1.54) is 0 Å². The van der Waals surface area contributed by atoms with Crippen molar-refractivity contribution in [2.24, 2.45) is 0 Å². The summed E-state index contributed by atoms with van der Waals surface area (Å²) in [6, 6.07) is 0. The zero-order valence-electron chi connectivity index (χ0n) is 28.7. The molecule has 0 atom stereocenters. The van der Waals surface area contributed by atoms with Crippen molar-refractivity contribution in [3.8, 4) is 0 Å². The van der Waals surface area contributed by atoms with E-state index in [2.05, 4.69) is 0 Å². The van der Waals surface area contributed by atoms with E-state index in [-0.39, 0.29) is 19.6 Å². The van der Waals surface area contributed by atoms with Crippen molar-refractivity contribution in [2.45, 2.75) is 6.42 Å². The van der Waals surface area contributed by atoms with Crippen molar-refractivity contribution in [3.05, 3.63) is 0 Å². The lowest BCUT2D eigenvalue weighted by molar-refractivity contribution is -0.138. The summed E-state index contributed by atoms with van der Waals surface area (Å²) in [5.74, 6) is -0.877. The first-order valence-electron chi connectivity index (χ1n) is 16.7. The van der Waals surface area contributed by atoms with Crippen molar-refractivity contribution in [1.29, 1.82) is 0 Å². The minimum atomic E-state index is -0.877. The van der Waals surface area contributed by atoms with Gasteiger partial charge in [0.1, 0.15) is 0 Å². The van der Waals surface area contributed by atoms with Gasteiger partial charge >= 0.3 is 5.97 Å². The molecule has 0 rings (SSSR count). The minimum absolute atomic E-state index is 0.00522. The van der Waals surface area contributed by atoms with E-state index in [0.717, 1.165) is 0 Å². The Morgan fingerprint density at radius 3 is 0.562 bits per heavy atom. The molecule has 0 aliphatic carbocycles. The lowest BCUT2D eigenvalue weighted by Gasteiger charge is -2.09. The van der Waals surface area contributed by atoms with Crippen molar-refractivity contribution >= 4 is 5.97 Å². The van der Waals surface area contributed by atoms with Crippen LogP contribution in [-0.4, -0.2) is 208 Å². The van der Waals surface area contributed by atoms with Crippen LogP contribution in [0.1, 0.15) is 6.42 Å². The fourth-order valence-electron chi connectivity index (χ4n) is 3.18.